The number of nitrogens with one attached hydrogen (secondary N) is 2. The molecule has 1 aromatic heterocycles. The van der Waals surface area contributed by atoms with Gasteiger partial charge in [-0.3, -0.25) is 10.1 Å². The van der Waals surface area contributed by atoms with E-state index in [4.69, 9.17) is 4.74 Å². The number of nitro benzene ring substituents is 1. The highest BCUT2D eigenvalue weighted by atomic mass is 16.6. The van der Waals surface area contributed by atoms with Gasteiger partial charge in [0.1, 0.15) is 12.6 Å². The molecule has 0 radical (unpaired) electrons. The molecule has 1 atom stereocenters. The van der Waals surface area contributed by atoms with Gasteiger partial charge >= 0.3 is 17.7 Å². The van der Waals surface area contributed by atoms with Crippen LogP contribution in [0.2, 0.25) is 0 Å². The zero-order valence-corrected chi connectivity index (χ0v) is 18.6. The van der Waals surface area contributed by atoms with Crippen LogP contribution in [-0.2, 0) is 9.53 Å². The van der Waals surface area contributed by atoms with Crippen LogP contribution in [0.4, 0.5) is 16.2 Å². The van der Waals surface area contributed by atoms with Gasteiger partial charge in [0.2, 0.25) is 5.52 Å². The highest BCUT2D eigenvalue weighted by molar-refractivity contribution is 5.93. The molecule has 5 rings (SSSR count). The van der Waals surface area contributed by atoms with Gasteiger partial charge < -0.3 is 20.5 Å². The maximum Gasteiger partial charge on any atom is 0.407 e. The smallest absolute Gasteiger partial charge is 0.407 e. The van der Waals surface area contributed by atoms with Gasteiger partial charge in [-0.1, -0.05) is 48.5 Å². The van der Waals surface area contributed by atoms with Crippen LogP contribution >= 0.6 is 0 Å². The van der Waals surface area contributed by atoms with E-state index in [0.29, 0.717) is 0 Å². The number of non-ortho nitro benzene ring substituents is 1. The van der Waals surface area contributed by atoms with Crippen LogP contribution in [-0.4, -0.2) is 51.6 Å². The third-order valence-corrected chi connectivity index (χ3v) is 6.02. The Balaban J connectivity index is 1.24. The average molecular weight is 489 g/mol. The summed E-state index contributed by atoms with van der Waals surface area (Å²) in [7, 11) is 0. The minimum Gasteiger partial charge on any atom is -0.480 e. The fraction of sp³-hybridized carbons (Fsp3) is 0.167. The Morgan fingerprint density at radius 2 is 1.67 bits per heavy atom. The monoisotopic (exact) mass is 489 g/mol. The van der Waals surface area contributed by atoms with E-state index in [0.717, 1.165) is 22.3 Å². The number of benzene rings is 3. The maximum absolute atomic E-state index is 12.5. The molecule has 182 valence electrons. The lowest BCUT2D eigenvalue weighted by Gasteiger charge is -2.18. The van der Waals surface area contributed by atoms with E-state index in [1.165, 1.54) is 12.1 Å². The summed E-state index contributed by atoms with van der Waals surface area (Å²) >= 11 is 0. The van der Waals surface area contributed by atoms with E-state index >= 15 is 0 Å². The minimum absolute atomic E-state index is 0.0349. The summed E-state index contributed by atoms with van der Waals surface area (Å²) in [5, 5.41) is 33.0. The summed E-state index contributed by atoms with van der Waals surface area (Å²) < 4.78 is 10.0. The number of ether oxygens (including phenoxy) is 1. The summed E-state index contributed by atoms with van der Waals surface area (Å²) in [6.45, 7) is -0.216. The Morgan fingerprint density at radius 3 is 2.31 bits per heavy atom. The number of carbonyl (C=O) groups excluding carboxylic acids is 1. The quantitative estimate of drug-likeness (QED) is 0.246. The van der Waals surface area contributed by atoms with Crippen molar-refractivity contribution in [2.24, 2.45) is 0 Å². The molecule has 0 saturated heterocycles. The van der Waals surface area contributed by atoms with Gasteiger partial charge in [-0.15, -0.1) is 0 Å². The number of hydrogen-bond acceptors (Lipinski definition) is 9. The molecule has 0 unspecified atom stereocenters. The van der Waals surface area contributed by atoms with Crippen molar-refractivity contribution in [1.82, 2.24) is 15.6 Å². The topological polar surface area (TPSA) is 170 Å². The number of alkyl carbamates (subject to hydrolysis) is 1. The van der Waals surface area contributed by atoms with Crippen molar-refractivity contribution < 1.29 is 29.0 Å². The number of aromatic nitrogens is 2. The standard InChI is InChI=1S/C24H19N5O7/c30-23(31)19(11-25-18-9-10-20(29(33)34)22-21(18)27-36-28-22)26-24(32)35-12-17-15-7-3-1-5-13(15)14-6-2-4-8-16(14)17/h1-10,17,19,25H,11-12H2,(H,26,32)(H,30,31)/t19-/m1/s1. The number of amides is 1. The Morgan fingerprint density at radius 1 is 1.03 bits per heavy atom. The van der Waals surface area contributed by atoms with Gasteiger partial charge in [0.05, 0.1) is 10.6 Å². The van der Waals surface area contributed by atoms with Crippen molar-refractivity contribution in [3.8, 4) is 11.1 Å². The molecule has 0 saturated carbocycles. The van der Waals surface area contributed by atoms with Crippen LogP contribution in [0.15, 0.2) is 65.3 Å². The first kappa shape index (κ1) is 22.8. The summed E-state index contributed by atoms with van der Waals surface area (Å²) in [4.78, 5) is 34.8. The molecule has 1 aliphatic rings. The molecule has 4 aromatic rings. The molecule has 0 fully saturated rings. The first-order valence-electron chi connectivity index (χ1n) is 10.9. The fourth-order valence-electron chi connectivity index (χ4n) is 4.34. The summed E-state index contributed by atoms with van der Waals surface area (Å²) in [6, 6.07) is 16.9. The van der Waals surface area contributed by atoms with Crippen LogP contribution in [0.1, 0.15) is 17.0 Å². The lowest BCUT2D eigenvalue weighted by atomic mass is 9.98. The summed E-state index contributed by atoms with van der Waals surface area (Å²) in [5.41, 5.74) is 4.16. The van der Waals surface area contributed by atoms with Crippen molar-refractivity contribution in [3.05, 3.63) is 81.9 Å². The second-order valence-electron chi connectivity index (χ2n) is 8.09. The second-order valence-corrected chi connectivity index (χ2v) is 8.09. The largest absolute Gasteiger partial charge is 0.480 e. The van der Waals surface area contributed by atoms with Gasteiger partial charge in [0, 0.05) is 18.5 Å². The zero-order chi connectivity index (χ0) is 25.2. The number of carboxylic acid groups (broad SMARTS) is 1. The molecule has 1 aliphatic carbocycles. The number of fused-ring (bicyclic) bond motifs is 4. The van der Waals surface area contributed by atoms with Crippen LogP contribution in [0, 0.1) is 10.1 Å². The predicted octanol–water partition coefficient (Wildman–Crippen LogP) is 3.53. The van der Waals surface area contributed by atoms with Crippen LogP contribution in [0.5, 0.6) is 0 Å². The van der Waals surface area contributed by atoms with Crippen molar-refractivity contribution in [3.63, 3.8) is 0 Å². The number of anilines is 1. The number of carbonyl (C=O) groups is 2. The molecule has 0 spiro atoms. The third kappa shape index (κ3) is 4.15. The van der Waals surface area contributed by atoms with Crippen LogP contribution in [0.25, 0.3) is 22.2 Å². The van der Waals surface area contributed by atoms with Gasteiger partial charge in [0.25, 0.3) is 0 Å². The Kier molecular flexibility index (Phi) is 5.90. The van der Waals surface area contributed by atoms with Gasteiger partial charge in [-0.05, 0) is 38.6 Å². The number of aliphatic carboxylic acids is 1. The molecule has 3 N–H and O–H groups in total. The normalized spacial score (nSPS) is 13.0. The molecule has 1 heterocycles. The predicted molar refractivity (Wildman–Crippen MR) is 127 cm³/mol. The molecule has 12 heteroatoms. The number of nitro groups is 1. The first-order chi connectivity index (χ1) is 17.4. The van der Waals surface area contributed by atoms with E-state index < -0.39 is 23.0 Å². The van der Waals surface area contributed by atoms with Gasteiger partial charge in [-0.25, -0.2) is 14.2 Å². The highest BCUT2D eigenvalue weighted by Gasteiger charge is 2.30. The molecule has 1 amide bonds. The zero-order valence-electron chi connectivity index (χ0n) is 18.6. The molecule has 12 nitrogen and oxygen atoms in total. The number of nitrogens with zero attached hydrogens (tertiary/aromatic N) is 3. The summed E-state index contributed by atoms with van der Waals surface area (Å²) in [6.07, 6.45) is -0.886. The van der Waals surface area contributed by atoms with E-state index in [2.05, 4.69) is 25.6 Å². The van der Waals surface area contributed by atoms with E-state index in [1.54, 1.807) is 0 Å². The molecular formula is C24H19N5O7. The second kappa shape index (κ2) is 9.33. The molecule has 3 aromatic carbocycles. The van der Waals surface area contributed by atoms with Gasteiger partial charge in [-0.2, -0.15) is 0 Å². The highest BCUT2D eigenvalue weighted by Crippen LogP contribution is 2.44. The van der Waals surface area contributed by atoms with Gasteiger partial charge in [0.15, 0.2) is 5.52 Å². The average Bonchev–Trinajstić information content (AvgIpc) is 3.48. The van der Waals surface area contributed by atoms with Crippen molar-refractivity contribution in [2.45, 2.75) is 12.0 Å². The minimum atomic E-state index is -1.36. The number of hydrogen-bond donors (Lipinski definition) is 3. The Labute approximate surface area is 203 Å². The van der Waals surface area contributed by atoms with Crippen molar-refractivity contribution in [1.29, 1.82) is 0 Å². The van der Waals surface area contributed by atoms with E-state index in [9.17, 15) is 24.8 Å². The van der Waals surface area contributed by atoms with Crippen molar-refractivity contribution in [2.75, 3.05) is 18.5 Å². The SMILES string of the molecule is O=C(N[C@H](CNc1ccc([N+](=O)[O-])c2nonc12)C(=O)O)OCC1c2ccccc2-c2ccccc21. The number of rotatable bonds is 8. The van der Waals surface area contributed by atoms with Crippen molar-refractivity contribution >= 4 is 34.5 Å². The Hall–Kier alpha value is -5.00. The molecular weight excluding hydrogens is 470 g/mol. The lowest BCUT2D eigenvalue weighted by Crippen LogP contribution is -2.45. The maximum atomic E-state index is 12.5. The summed E-state index contributed by atoms with van der Waals surface area (Å²) in [5.74, 6) is -1.47. The third-order valence-electron chi connectivity index (χ3n) is 6.02. The first-order valence-corrected chi connectivity index (χ1v) is 10.9. The van der Waals surface area contributed by atoms with E-state index in [1.807, 2.05) is 48.5 Å². The lowest BCUT2D eigenvalue weighted by molar-refractivity contribution is -0.383. The van der Waals surface area contributed by atoms with Crippen LogP contribution < -0.4 is 10.6 Å². The van der Waals surface area contributed by atoms with E-state index in [-0.39, 0.29) is 41.5 Å². The van der Waals surface area contributed by atoms with Crippen LogP contribution in [0.3, 0.4) is 0 Å². The fourth-order valence-corrected chi connectivity index (χ4v) is 4.34. The molecule has 0 aliphatic heterocycles. The Bertz CT molecular complexity index is 1440. The molecule has 36 heavy (non-hydrogen) atoms. The number of carboxylic acids is 1. The molecule has 0 bridgehead atoms.